The number of benzene rings is 1. The highest BCUT2D eigenvalue weighted by molar-refractivity contribution is 5.91. The van der Waals surface area contributed by atoms with Crippen molar-refractivity contribution in [2.45, 2.75) is 46.1 Å². The van der Waals surface area contributed by atoms with Gasteiger partial charge in [-0.2, -0.15) is 0 Å². The Labute approximate surface area is 120 Å². The van der Waals surface area contributed by atoms with Gasteiger partial charge in [-0.1, -0.05) is 25.5 Å². The molecule has 1 aromatic carbocycles. The SMILES string of the molecule is CCCCc1ccc(C(=O)OC(C)C(=O)OCC)cc1. The van der Waals surface area contributed by atoms with Crippen molar-refractivity contribution in [3.63, 3.8) is 0 Å². The first-order valence-corrected chi connectivity index (χ1v) is 7.05. The molecule has 0 aliphatic rings. The van der Waals surface area contributed by atoms with Crippen LogP contribution in [0.25, 0.3) is 0 Å². The van der Waals surface area contributed by atoms with E-state index in [1.165, 1.54) is 12.5 Å². The molecule has 0 aliphatic heterocycles. The third-order valence-electron chi connectivity index (χ3n) is 2.91. The van der Waals surface area contributed by atoms with Crippen LogP contribution in [0.1, 0.15) is 49.5 Å². The number of ether oxygens (including phenoxy) is 2. The highest BCUT2D eigenvalue weighted by Crippen LogP contribution is 2.10. The lowest BCUT2D eigenvalue weighted by molar-refractivity contribution is -0.152. The van der Waals surface area contributed by atoms with Crippen LogP contribution in [-0.2, 0) is 20.7 Å². The monoisotopic (exact) mass is 278 g/mol. The first-order valence-electron chi connectivity index (χ1n) is 7.05. The first-order chi connectivity index (χ1) is 9.58. The van der Waals surface area contributed by atoms with Gasteiger partial charge in [-0.05, 0) is 44.4 Å². The van der Waals surface area contributed by atoms with Crippen LogP contribution in [0, 0.1) is 0 Å². The number of carbonyl (C=O) groups is 2. The van der Waals surface area contributed by atoms with E-state index in [2.05, 4.69) is 6.92 Å². The Morgan fingerprint density at radius 1 is 1.15 bits per heavy atom. The van der Waals surface area contributed by atoms with E-state index < -0.39 is 18.0 Å². The number of aryl methyl sites for hydroxylation is 1. The summed E-state index contributed by atoms with van der Waals surface area (Å²) >= 11 is 0. The maximum atomic E-state index is 11.9. The fraction of sp³-hybridized carbons (Fsp3) is 0.500. The Morgan fingerprint density at radius 3 is 2.35 bits per heavy atom. The summed E-state index contributed by atoms with van der Waals surface area (Å²) in [5.41, 5.74) is 1.64. The van der Waals surface area contributed by atoms with Gasteiger partial charge < -0.3 is 9.47 Å². The van der Waals surface area contributed by atoms with Crippen molar-refractivity contribution in [3.05, 3.63) is 35.4 Å². The molecular formula is C16H22O4. The highest BCUT2D eigenvalue weighted by atomic mass is 16.6. The molecule has 4 heteroatoms. The van der Waals surface area contributed by atoms with Crippen LogP contribution in [0.2, 0.25) is 0 Å². The molecule has 1 unspecified atom stereocenters. The van der Waals surface area contributed by atoms with E-state index in [1.54, 1.807) is 19.1 Å². The molecule has 110 valence electrons. The molecule has 0 aromatic heterocycles. The minimum atomic E-state index is -0.887. The van der Waals surface area contributed by atoms with Gasteiger partial charge in [0.15, 0.2) is 6.10 Å². The third kappa shape index (κ3) is 5.03. The van der Waals surface area contributed by atoms with E-state index >= 15 is 0 Å². The summed E-state index contributed by atoms with van der Waals surface area (Å²) < 4.78 is 9.85. The molecule has 0 bridgehead atoms. The second kappa shape index (κ2) is 8.35. The summed E-state index contributed by atoms with van der Waals surface area (Å²) in [5, 5.41) is 0. The summed E-state index contributed by atoms with van der Waals surface area (Å²) in [6, 6.07) is 7.29. The Morgan fingerprint density at radius 2 is 1.80 bits per heavy atom. The molecule has 0 aliphatic carbocycles. The van der Waals surface area contributed by atoms with Crippen molar-refractivity contribution in [2.24, 2.45) is 0 Å². The molecule has 1 atom stereocenters. The zero-order valence-electron chi connectivity index (χ0n) is 12.3. The van der Waals surface area contributed by atoms with Gasteiger partial charge in [0.25, 0.3) is 0 Å². The molecule has 0 heterocycles. The fourth-order valence-electron chi connectivity index (χ4n) is 1.72. The van der Waals surface area contributed by atoms with Gasteiger partial charge in [0.1, 0.15) is 0 Å². The van der Waals surface area contributed by atoms with Crippen LogP contribution in [0.15, 0.2) is 24.3 Å². The molecule has 1 aromatic rings. The first kappa shape index (κ1) is 16.2. The van der Waals surface area contributed by atoms with Gasteiger partial charge in [-0.25, -0.2) is 9.59 Å². The average Bonchev–Trinajstić information content (AvgIpc) is 2.45. The third-order valence-corrected chi connectivity index (χ3v) is 2.91. The van der Waals surface area contributed by atoms with E-state index in [0.29, 0.717) is 5.56 Å². The predicted octanol–water partition coefficient (Wildman–Crippen LogP) is 3.14. The lowest BCUT2D eigenvalue weighted by Crippen LogP contribution is -2.26. The fourth-order valence-corrected chi connectivity index (χ4v) is 1.72. The number of esters is 2. The smallest absolute Gasteiger partial charge is 0.347 e. The van der Waals surface area contributed by atoms with Gasteiger partial charge in [0, 0.05) is 0 Å². The summed E-state index contributed by atoms with van der Waals surface area (Å²) in [4.78, 5) is 23.2. The Balaban J connectivity index is 2.57. The minimum absolute atomic E-state index is 0.271. The van der Waals surface area contributed by atoms with Crippen LogP contribution < -0.4 is 0 Å². The zero-order valence-corrected chi connectivity index (χ0v) is 12.3. The molecule has 20 heavy (non-hydrogen) atoms. The van der Waals surface area contributed by atoms with E-state index in [4.69, 9.17) is 9.47 Å². The number of unbranched alkanes of at least 4 members (excludes halogenated alkanes) is 1. The number of hydrogen-bond donors (Lipinski definition) is 0. The van der Waals surface area contributed by atoms with E-state index in [-0.39, 0.29) is 6.61 Å². The molecule has 1 rings (SSSR count). The number of rotatable bonds is 7. The number of carbonyl (C=O) groups excluding carboxylic acids is 2. The zero-order chi connectivity index (χ0) is 15.0. The van der Waals surface area contributed by atoms with Crippen LogP contribution >= 0.6 is 0 Å². The predicted molar refractivity (Wildman–Crippen MR) is 76.6 cm³/mol. The minimum Gasteiger partial charge on any atom is -0.463 e. The highest BCUT2D eigenvalue weighted by Gasteiger charge is 2.19. The summed E-state index contributed by atoms with van der Waals surface area (Å²) in [5.74, 6) is -1.03. The molecule has 0 N–H and O–H groups in total. The molecule has 0 spiro atoms. The average molecular weight is 278 g/mol. The number of hydrogen-bond acceptors (Lipinski definition) is 4. The van der Waals surface area contributed by atoms with Crippen LogP contribution in [0.4, 0.5) is 0 Å². The summed E-state index contributed by atoms with van der Waals surface area (Å²) in [6.45, 7) is 5.63. The molecule has 0 saturated carbocycles. The van der Waals surface area contributed by atoms with E-state index in [9.17, 15) is 9.59 Å². The Kier molecular flexibility index (Phi) is 6.77. The molecule has 4 nitrogen and oxygen atoms in total. The van der Waals surface area contributed by atoms with Gasteiger partial charge in [-0.15, -0.1) is 0 Å². The van der Waals surface area contributed by atoms with Crippen LogP contribution in [0.3, 0.4) is 0 Å². The molecular weight excluding hydrogens is 256 g/mol. The lowest BCUT2D eigenvalue weighted by atomic mass is 10.1. The quantitative estimate of drug-likeness (QED) is 0.719. The largest absolute Gasteiger partial charge is 0.463 e. The van der Waals surface area contributed by atoms with Crippen molar-refractivity contribution in [1.29, 1.82) is 0 Å². The van der Waals surface area contributed by atoms with Gasteiger partial charge >= 0.3 is 11.9 Å². The molecule has 0 amide bonds. The topological polar surface area (TPSA) is 52.6 Å². The standard InChI is InChI=1S/C16H22O4/c1-4-6-7-13-8-10-14(11-9-13)16(18)20-12(3)15(17)19-5-2/h8-12H,4-7H2,1-3H3. The molecule has 0 fully saturated rings. The maximum absolute atomic E-state index is 11.9. The van der Waals surface area contributed by atoms with E-state index in [0.717, 1.165) is 19.3 Å². The van der Waals surface area contributed by atoms with Crippen molar-refractivity contribution >= 4 is 11.9 Å². The van der Waals surface area contributed by atoms with Gasteiger partial charge in [-0.3, -0.25) is 0 Å². The van der Waals surface area contributed by atoms with Crippen molar-refractivity contribution in [2.75, 3.05) is 6.61 Å². The molecule has 0 radical (unpaired) electrons. The van der Waals surface area contributed by atoms with Gasteiger partial charge in [0.05, 0.1) is 12.2 Å². The maximum Gasteiger partial charge on any atom is 0.347 e. The summed E-state index contributed by atoms with van der Waals surface area (Å²) in [7, 11) is 0. The van der Waals surface area contributed by atoms with Crippen LogP contribution in [0.5, 0.6) is 0 Å². The normalized spacial score (nSPS) is 11.8. The molecule has 0 saturated heterocycles. The van der Waals surface area contributed by atoms with Crippen molar-refractivity contribution < 1.29 is 19.1 Å². The van der Waals surface area contributed by atoms with Crippen molar-refractivity contribution in [3.8, 4) is 0 Å². The second-order valence-electron chi connectivity index (χ2n) is 4.60. The summed E-state index contributed by atoms with van der Waals surface area (Å²) in [6.07, 6.45) is 2.39. The lowest BCUT2D eigenvalue weighted by Gasteiger charge is -2.12. The van der Waals surface area contributed by atoms with Crippen LogP contribution in [-0.4, -0.2) is 24.6 Å². The van der Waals surface area contributed by atoms with Crippen molar-refractivity contribution in [1.82, 2.24) is 0 Å². The second-order valence-corrected chi connectivity index (χ2v) is 4.60. The Bertz CT molecular complexity index is 436. The Hall–Kier alpha value is -1.84. The van der Waals surface area contributed by atoms with Gasteiger partial charge in [0.2, 0.25) is 0 Å². The van der Waals surface area contributed by atoms with E-state index in [1.807, 2.05) is 12.1 Å².